The summed E-state index contributed by atoms with van der Waals surface area (Å²) in [7, 11) is 1.62. The zero-order valence-electron chi connectivity index (χ0n) is 11.3. The number of carbonyl (C=O) groups excluding carboxylic acids is 1. The Kier molecular flexibility index (Phi) is 7.23. The third kappa shape index (κ3) is 6.33. The minimum Gasteiger partial charge on any atom is -0.463 e. The standard InChI is InChI=1S/C13H25NO4/c1-16-7-8-17-9-10-18-12(15)11-13(14)5-3-2-4-6-13/h2-11,14H2,1H3. The fourth-order valence-corrected chi connectivity index (χ4v) is 2.23. The maximum absolute atomic E-state index is 11.6. The number of methoxy groups -OCH3 is 1. The van der Waals surface area contributed by atoms with Gasteiger partial charge < -0.3 is 19.9 Å². The average molecular weight is 259 g/mol. The van der Waals surface area contributed by atoms with Crippen molar-refractivity contribution in [2.24, 2.45) is 5.73 Å². The first-order valence-electron chi connectivity index (χ1n) is 6.67. The van der Waals surface area contributed by atoms with Gasteiger partial charge in [0.2, 0.25) is 0 Å². The van der Waals surface area contributed by atoms with E-state index in [-0.39, 0.29) is 11.5 Å². The first kappa shape index (κ1) is 15.4. The molecular formula is C13H25NO4. The van der Waals surface area contributed by atoms with Crippen molar-refractivity contribution in [2.45, 2.75) is 44.1 Å². The Bertz CT molecular complexity index is 239. The number of hydrogen-bond acceptors (Lipinski definition) is 5. The second-order valence-electron chi connectivity index (χ2n) is 4.93. The number of rotatable bonds is 8. The Balaban J connectivity index is 2.06. The van der Waals surface area contributed by atoms with Crippen LogP contribution in [0.15, 0.2) is 0 Å². The van der Waals surface area contributed by atoms with Gasteiger partial charge in [-0.05, 0) is 12.8 Å². The molecule has 0 radical (unpaired) electrons. The molecule has 1 rings (SSSR count). The van der Waals surface area contributed by atoms with Crippen LogP contribution in [0.4, 0.5) is 0 Å². The van der Waals surface area contributed by atoms with E-state index in [1.54, 1.807) is 7.11 Å². The number of nitrogens with two attached hydrogens (primary N) is 1. The van der Waals surface area contributed by atoms with Gasteiger partial charge >= 0.3 is 5.97 Å². The van der Waals surface area contributed by atoms with E-state index in [4.69, 9.17) is 19.9 Å². The van der Waals surface area contributed by atoms with Crippen molar-refractivity contribution in [3.63, 3.8) is 0 Å². The molecule has 1 aliphatic rings. The normalized spacial score (nSPS) is 18.6. The number of ether oxygens (including phenoxy) is 3. The van der Waals surface area contributed by atoms with Crippen LogP contribution >= 0.6 is 0 Å². The SMILES string of the molecule is COCCOCCOC(=O)CC1(N)CCCCC1. The molecule has 2 N–H and O–H groups in total. The summed E-state index contributed by atoms with van der Waals surface area (Å²) in [6.07, 6.45) is 5.62. The Morgan fingerprint density at radius 1 is 1.11 bits per heavy atom. The molecule has 0 aliphatic heterocycles. The molecule has 0 aromatic heterocycles. The molecule has 1 saturated carbocycles. The van der Waals surface area contributed by atoms with Crippen molar-refractivity contribution >= 4 is 5.97 Å². The molecule has 0 unspecified atom stereocenters. The average Bonchev–Trinajstić information content (AvgIpc) is 2.34. The van der Waals surface area contributed by atoms with Crippen LogP contribution in [0.25, 0.3) is 0 Å². The van der Waals surface area contributed by atoms with Crippen LogP contribution in [0.3, 0.4) is 0 Å². The van der Waals surface area contributed by atoms with Crippen LogP contribution in [0.5, 0.6) is 0 Å². The summed E-state index contributed by atoms with van der Waals surface area (Å²) >= 11 is 0. The second kappa shape index (κ2) is 8.45. The van der Waals surface area contributed by atoms with E-state index in [1.807, 2.05) is 0 Å². The minimum atomic E-state index is -0.341. The molecule has 0 aromatic rings. The van der Waals surface area contributed by atoms with Crippen molar-refractivity contribution < 1.29 is 19.0 Å². The van der Waals surface area contributed by atoms with E-state index in [0.29, 0.717) is 32.8 Å². The number of hydrogen-bond donors (Lipinski definition) is 1. The summed E-state index contributed by atoms with van der Waals surface area (Å²) in [4.78, 5) is 11.6. The monoisotopic (exact) mass is 259 g/mol. The molecule has 5 heteroatoms. The Hall–Kier alpha value is -0.650. The number of carbonyl (C=O) groups is 1. The molecule has 18 heavy (non-hydrogen) atoms. The predicted molar refractivity (Wildman–Crippen MR) is 68.3 cm³/mol. The first-order valence-corrected chi connectivity index (χ1v) is 6.67. The van der Waals surface area contributed by atoms with Crippen LogP contribution in [0, 0.1) is 0 Å². The zero-order valence-corrected chi connectivity index (χ0v) is 11.3. The lowest BCUT2D eigenvalue weighted by molar-refractivity contribution is -0.147. The van der Waals surface area contributed by atoms with Gasteiger partial charge in [-0.15, -0.1) is 0 Å². The third-order valence-electron chi connectivity index (χ3n) is 3.27. The Morgan fingerprint density at radius 3 is 2.44 bits per heavy atom. The van der Waals surface area contributed by atoms with Crippen molar-refractivity contribution in [2.75, 3.05) is 33.5 Å². The van der Waals surface area contributed by atoms with Gasteiger partial charge in [-0.2, -0.15) is 0 Å². The molecule has 0 saturated heterocycles. The van der Waals surface area contributed by atoms with Gasteiger partial charge in [0.15, 0.2) is 0 Å². The van der Waals surface area contributed by atoms with Gasteiger partial charge in [0.05, 0.1) is 26.2 Å². The quantitative estimate of drug-likeness (QED) is 0.524. The van der Waals surface area contributed by atoms with E-state index in [1.165, 1.54) is 6.42 Å². The van der Waals surface area contributed by atoms with Gasteiger partial charge in [0, 0.05) is 12.6 Å². The van der Waals surface area contributed by atoms with E-state index < -0.39 is 0 Å². The van der Waals surface area contributed by atoms with Crippen LogP contribution in [0.1, 0.15) is 38.5 Å². The van der Waals surface area contributed by atoms with Gasteiger partial charge in [-0.3, -0.25) is 4.79 Å². The van der Waals surface area contributed by atoms with Gasteiger partial charge in [0.25, 0.3) is 0 Å². The third-order valence-corrected chi connectivity index (χ3v) is 3.27. The maximum atomic E-state index is 11.6. The highest BCUT2D eigenvalue weighted by Gasteiger charge is 2.30. The molecular weight excluding hydrogens is 234 g/mol. The summed E-state index contributed by atoms with van der Waals surface area (Å²) in [6, 6.07) is 0. The summed E-state index contributed by atoms with van der Waals surface area (Å²) in [5, 5.41) is 0. The summed E-state index contributed by atoms with van der Waals surface area (Å²) in [5.41, 5.74) is 5.84. The number of esters is 1. The summed E-state index contributed by atoms with van der Waals surface area (Å²) in [5.74, 6) is -0.213. The molecule has 0 amide bonds. The fraction of sp³-hybridized carbons (Fsp3) is 0.923. The predicted octanol–water partition coefficient (Wildman–Crippen LogP) is 1.24. The lowest BCUT2D eigenvalue weighted by Crippen LogP contribution is -2.44. The highest BCUT2D eigenvalue weighted by atomic mass is 16.6. The van der Waals surface area contributed by atoms with E-state index in [0.717, 1.165) is 25.7 Å². The molecule has 1 fully saturated rings. The lowest BCUT2D eigenvalue weighted by Gasteiger charge is -2.32. The van der Waals surface area contributed by atoms with E-state index in [2.05, 4.69) is 0 Å². The van der Waals surface area contributed by atoms with Crippen LogP contribution in [0.2, 0.25) is 0 Å². The Labute approximate surface area is 109 Å². The molecule has 5 nitrogen and oxygen atoms in total. The van der Waals surface area contributed by atoms with Crippen LogP contribution < -0.4 is 5.73 Å². The van der Waals surface area contributed by atoms with Gasteiger partial charge in [0.1, 0.15) is 6.61 Å². The highest BCUT2D eigenvalue weighted by molar-refractivity contribution is 5.70. The smallest absolute Gasteiger partial charge is 0.307 e. The lowest BCUT2D eigenvalue weighted by atomic mass is 9.80. The molecule has 1 aliphatic carbocycles. The highest BCUT2D eigenvalue weighted by Crippen LogP contribution is 2.28. The maximum Gasteiger partial charge on any atom is 0.307 e. The van der Waals surface area contributed by atoms with Crippen LogP contribution in [-0.4, -0.2) is 45.0 Å². The molecule has 0 atom stereocenters. The fourth-order valence-electron chi connectivity index (χ4n) is 2.23. The van der Waals surface area contributed by atoms with Gasteiger partial charge in [-0.25, -0.2) is 0 Å². The minimum absolute atomic E-state index is 0.213. The molecule has 0 aromatic carbocycles. The summed E-state index contributed by atoms with van der Waals surface area (Å²) < 4.78 is 15.1. The Morgan fingerprint density at radius 2 is 1.78 bits per heavy atom. The van der Waals surface area contributed by atoms with E-state index >= 15 is 0 Å². The zero-order chi connectivity index (χ0) is 13.3. The van der Waals surface area contributed by atoms with Crippen molar-refractivity contribution in [3.05, 3.63) is 0 Å². The first-order chi connectivity index (χ1) is 8.66. The molecule has 106 valence electrons. The van der Waals surface area contributed by atoms with E-state index in [9.17, 15) is 4.79 Å². The largest absolute Gasteiger partial charge is 0.463 e. The van der Waals surface area contributed by atoms with Crippen molar-refractivity contribution in [1.29, 1.82) is 0 Å². The molecule has 0 spiro atoms. The summed E-state index contributed by atoms with van der Waals surface area (Å²) in [6.45, 7) is 1.78. The second-order valence-corrected chi connectivity index (χ2v) is 4.93. The van der Waals surface area contributed by atoms with Crippen molar-refractivity contribution in [1.82, 2.24) is 0 Å². The van der Waals surface area contributed by atoms with Crippen molar-refractivity contribution in [3.8, 4) is 0 Å². The van der Waals surface area contributed by atoms with Gasteiger partial charge in [-0.1, -0.05) is 19.3 Å². The van der Waals surface area contributed by atoms with Crippen LogP contribution in [-0.2, 0) is 19.0 Å². The molecule has 0 heterocycles. The molecule has 0 bridgehead atoms. The topological polar surface area (TPSA) is 70.8 Å².